The molecule has 0 spiro atoms. The lowest BCUT2D eigenvalue weighted by Crippen LogP contribution is -2.29. The molecular formula is C33H30N2O5. The fourth-order valence-corrected chi connectivity index (χ4v) is 4.80. The van der Waals surface area contributed by atoms with Crippen molar-refractivity contribution >= 4 is 34.5 Å². The number of benzene rings is 4. The molecule has 4 aromatic carbocycles. The van der Waals surface area contributed by atoms with Gasteiger partial charge in [0.2, 0.25) is 0 Å². The Morgan fingerprint density at radius 1 is 0.875 bits per heavy atom. The number of aryl methyl sites for hydroxylation is 1. The van der Waals surface area contributed by atoms with Gasteiger partial charge >= 0.3 is 0 Å². The standard InChI is InChI=1S/C33H30N2O5/c1-20(2)40-28-18-11-23(19-21(28)3)31(37)29-30(22-9-16-27(36)17-10-22)35(33(39)32(29)38)26-14-12-25(13-15-26)34-24-7-5-4-6-8-24/h4-20,30,34,36-37H,1-3H3/b31-29-. The van der Waals surface area contributed by atoms with Crippen molar-refractivity contribution in [2.24, 2.45) is 0 Å². The molecule has 4 aromatic rings. The predicted octanol–water partition coefficient (Wildman–Crippen LogP) is 6.86. The summed E-state index contributed by atoms with van der Waals surface area (Å²) < 4.78 is 5.81. The molecule has 40 heavy (non-hydrogen) atoms. The van der Waals surface area contributed by atoms with Crippen LogP contribution in [0.25, 0.3) is 5.76 Å². The van der Waals surface area contributed by atoms with Crippen molar-refractivity contribution in [1.29, 1.82) is 0 Å². The monoisotopic (exact) mass is 534 g/mol. The van der Waals surface area contributed by atoms with Gasteiger partial charge in [-0.1, -0.05) is 30.3 Å². The number of aliphatic hydroxyl groups excluding tert-OH is 1. The van der Waals surface area contributed by atoms with Crippen LogP contribution in [0.1, 0.15) is 36.6 Å². The highest BCUT2D eigenvalue weighted by atomic mass is 16.5. The van der Waals surface area contributed by atoms with Crippen LogP contribution >= 0.6 is 0 Å². The lowest BCUT2D eigenvalue weighted by molar-refractivity contribution is -0.132. The summed E-state index contributed by atoms with van der Waals surface area (Å²) in [6, 6.07) is 27.4. The fourth-order valence-electron chi connectivity index (χ4n) is 4.80. The van der Waals surface area contributed by atoms with Crippen LogP contribution in [0.15, 0.2) is 103 Å². The van der Waals surface area contributed by atoms with E-state index in [1.807, 2.05) is 63.2 Å². The molecule has 1 fully saturated rings. The van der Waals surface area contributed by atoms with E-state index in [4.69, 9.17) is 4.74 Å². The van der Waals surface area contributed by atoms with Gasteiger partial charge in [-0.15, -0.1) is 0 Å². The van der Waals surface area contributed by atoms with Crippen molar-refractivity contribution in [3.63, 3.8) is 0 Å². The van der Waals surface area contributed by atoms with Gasteiger partial charge in [0.15, 0.2) is 0 Å². The zero-order chi connectivity index (χ0) is 28.4. The molecule has 7 heteroatoms. The molecule has 5 rings (SSSR count). The number of aromatic hydroxyl groups is 1. The minimum absolute atomic E-state index is 0.0211. The van der Waals surface area contributed by atoms with E-state index >= 15 is 0 Å². The summed E-state index contributed by atoms with van der Waals surface area (Å²) >= 11 is 0. The van der Waals surface area contributed by atoms with Crippen molar-refractivity contribution in [3.8, 4) is 11.5 Å². The average molecular weight is 535 g/mol. The van der Waals surface area contributed by atoms with Crippen LogP contribution in [0.5, 0.6) is 11.5 Å². The maximum atomic E-state index is 13.5. The molecule has 0 bridgehead atoms. The number of para-hydroxylation sites is 1. The predicted molar refractivity (Wildman–Crippen MR) is 156 cm³/mol. The number of phenols is 1. The summed E-state index contributed by atoms with van der Waals surface area (Å²) in [7, 11) is 0. The van der Waals surface area contributed by atoms with Gasteiger partial charge in [0.05, 0.1) is 17.7 Å². The first kappa shape index (κ1) is 26.6. The number of phenolic OH excluding ortho intramolecular Hbond substituents is 1. The van der Waals surface area contributed by atoms with Crippen LogP contribution in [0, 0.1) is 6.92 Å². The Hall–Kier alpha value is -5.04. The van der Waals surface area contributed by atoms with Crippen LogP contribution in [0.2, 0.25) is 0 Å². The Labute approximate surface area is 233 Å². The number of hydrogen-bond acceptors (Lipinski definition) is 6. The topological polar surface area (TPSA) is 99.1 Å². The molecule has 0 aromatic heterocycles. The van der Waals surface area contributed by atoms with Crippen molar-refractivity contribution in [2.75, 3.05) is 10.2 Å². The maximum absolute atomic E-state index is 13.5. The Morgan fingerprint density at radius 2 is 1.52 bits per heavy atom. The third kappa shape index (κ3) is 5.27. The number of nitrogens with zero attached hydrogens (tertiary/aromatic N) is 1. The summed E-state index contributed by atoms with van der Waals surface area (Å²) in [6.45, 7) is 5.71. The molecule has 1 saturated heterocycles. The molecule has 1 atom stereocenters. The van der Waals surface area contributed by atoms with Crippen molar-refractivity contribution in [1.82, 2.24) is 0 Å². The van der Waals surface area contributed by atoms with E-state index in [1.54, 1.807) is 42.5 Å². The second-order valence-corrected chi connectivity index (χ2v) is 9.95. The van der Waals surface area contributed by atoms with E-state index in [9.17, 15) is 19.8 Å². The van der Waals surface area contributed by atoms with Gasteiger partial charge in [-0.25, -0.2) is 0 Å². The SMILES string of the molecule is Cc1cc(/C(O)=C2/C(=O)C(=O)N(c3ccc(Nc4ccccc4)cc3)C2c2ccc(O)cc2)ccc1OC(C)C. The molecule has 3 N–H and O–H groups in total. The number of ketones is 1. The average Bonchev–Trinajstić information content (AvgIpc) is 3.20. The van der Waals surface area contributed by atoms with Crippen LogP contribution < -0.4 is 15.0 Å². The molecule has 1 aliphatic heterocycles. The Morgan fingerprint density at radius 3 is 2.15 bits per heavy atom. The maximum Gasteiger partial charge on any atom is 0.300 e. The van der Waals surface area contributed by atoms with E-state index in [1.165, 1.54) is 17.0 Å². The van der Waals surface area contributed by atoms with Crippen LogP contribution in [-0.4, -0.2) is 28.0 Å². The number of Topliss-reactive ketones (excluding diaryl/α,β-unsaturated/α-hetero) is 1. The molecular weight excluding hydrogens is 504 g/mol. The van der Waals surface area contributed by atoms with Gasteiger partial charge in [-0.05, 0) is 98.6 Å². The minimum Gasteiger partial charge on any atom is -0.508 e. The van der Waals surface area contributed by atoms with Crippen molar-refractivity contribution in [2.45, 2.75) is 32.9 Å². The normalized spacial score (nSPS) is 16.4. The number of carbonyl (C=O) groups is 2. The first-order valence-corrected chi connectivity index (χ1v) is 13.0. The van der Waals surface area contributed by atoms with Crippen LogP contribution in [-0.2, 0) is 9.59 Å². The number of carbonyl (C=O) groups excluding carboxylic acids is 2. The van der Waals surface area contributed by atoms with Crippen molar-refractivity contribution < 1.29 is 24.5 Å². The molecule has 202 valence electrons. The number of nitrogens with one attached hydrogen (secondary N) is 1. The van der Waals surface area contributed by atoms with Gasteiger partial charge in [-0.2, -0.15) is 0 Å². The molecule has 1 heterocycles. The van der Waals surface area contributed by atoms with Gasteiger partial charge < -0.3 is 20.3 Å². The summed E-state index contributed by atoms with van der Waals surface area (Å²) in [4.78, 5) is 28.3. The Bertz CT molecular complexity index is 1580. The van der Waals surface area contributed by atoms with Gasteiger partial charge in [0.1, 0.15) is 17.3 Å². The van der Waals surface area contributed by atoms with E-state index in [0.29, 0.717) is 22.6 Å². The summed E-state index contributed by atoms with van der Waals surface area (Å²) in [5.41, 5.74) is 3.95. The largest absolute Gasteiger partial charge is 0.508 e. The van der Waals surface area contributed by atoms with E-state index in [2.05, 4.69) is 5.32 Å². The van der Waals surface area contributed by atoms with E-state index in [0.717, 1.165) is 16.9 Å². The smallest absolute Gasteiger partial charge is 0.300 e. The third-order valence-corrected chi connectivity index (χ3v) is 6.67. The number of ether oxygens (including phenoxy) is 1. The second-order valence-electron chi connectivity index (χ2n) is 9.95. The molecule has 7 nitrogen and oxygen atoms in total. The highest BCUT2D eigenvalue weighted by molar-refractivity contribution is 6.51. The lowest BCUT2D eigenvalue weighted by Gasteiger charge is -2.26. The third-order valence-electron chi connectivity index (χ3n) is 6.67. The number of rotatable bonds is 7. The first-order valence-electron chi connectivity index (χ1n) is 13.0. The molecule has 0 saturated carbocycles. The molecule has 1 unspecified atom stereocenters. The molecule has 0 radical (unpaired) electrons. The molecule has 1 aliphatic rings. The van der Waals surface area contributed by atoms with Crippen molar-refractivity contribution in [3.05, 3.63) is 119 Å². The highest BCUT2D eigenvalue weighted by Gasteiger charge is 2.47. The highest BCUT2D eigenvalue weighted by Crippen LogP contribution is 2.43. The quantitative estimate of drug-likeness (QED) is 0.136. The number of anilines is 3. The summed E-state index contributed by atoms with van der Waals surface area (Å²) in [5.74, 6) is -1.10. The number of hydrogen-bond donors (Lipinski definition) is 3. The number of amides is 1. The lowest BCUT2D eigenvalue weighted by atomic mass is 9.94. The summed E-state index contributed by atoms with van der Waals surface area (Å²) in [6.07, 6.45) is -0.0211. The minimum atomic E-state index is -0.902. The van der Waals surface area contributed by atoms with Crippen LogP contribution in [0.4, 0.5) is 17.1 Å². The zero-order valence-electron chi connectivity index (χ0n) is 22.5. The fraction of sp³-hybridized carbons (Fsp3) is 0.152. The van der Waals surface area contributed by atoms with Crippen LogP contribution in [0.3, 0.4) is 0 Å². The van der Waals surface area contributed by atoms with E-state index < -0.39 is 17.7 Å². The van der Waals surface area contributed by atoms with Gasteiger partial charge in [0.25, 0.3) is 11.7 Å². The van der Waals surface area contributed by atoms with Gasteiger partial charge in [-0.3, -0.25) is 14.5 Å². The van der Waals surface area contributed by atoms with Gasteiger partial charge in [0, 0.05) is 22.6 Å². The Kier molecular flexibility index (Phi) is 7.29. The summed E-state index contributed by atoms with van der Waals surface area (Å²) in [5, 5.41) is 24.6. The Balaban J connectivity index is 1.57. The second kappa shape index (κ2) is 11.0. The first-order chi connectivity index (χ1) is 19.2. The molecule has 1 amide bonds. The molecule has 0 aliphatic carbocycles. The zero-order valence-corrected chi connectivity index (χ0v) is 22.5. The number of aliphatic hydroxyl groups is 1. The van der Waals surface area contributed by atoms with E-state index in [-0.39, 0.29) is 23.2 Å².